The number of aryl methyl sites for hydroxylation is 1. The molecule has 0 spiro atoms. The lowest BCUT2D eigenvalue weighted by molar-refractivity contribution is -0.147. The minimum absolute atomic E-state index is 0.222. The molecular formula is C34H38O6S. The molecule has 1 fully saturated rings. The standard InChI is InChI=1S/C34H38O6S/c1-4-37-14-15-39-28-11-12-29(23(3)16-28)31-22-41-32-13-6-24(17-30(31)32)21-40-27-9-7-25(8-10-27)34(18-26(35)19-34)20-33(36)38-5-2/h6-13,16-17,22,26,35H,4-5,14-15,18-21H2,1-3H3. The van der Waals surface area contributed by atoms with Crippen molar-refractivity contribution < 1.29 is 28.8 Å². The Bertz CT molecular complexity index is 1470. The van der Waals surface area contributed by atoms with Gasteiger partial charge in [-0.2, -0.15) is 0 Å². The number of carbonyl (C=O) groups is 1. The Morgan fingerprint density at radius 1 is 0.927 bits per heavy atom. The summed E-state index contributed by atoms with van der Waals surface area (Å²) in [5.41, 5.74) is 5.34. The molecule has 0 aliphatic heterocycles. The van der Waals surface area contributed by atoms with Crippen LogP contribution in [0.5, 0.6) is 11.5 Å². The van der Waals surface area contributed by atoms with E-state index in [-0.39, 0.29) is 23.9 Å². The predicted octanol–water partition coefficient (Wildman–Crippen LogP) is 7.22. The Morgan fingerprint density at radius 3 is 2.41 bits per heavy atom. The van der Waals surface area contributed by atoms with Crippen molar-refractivity contribution in [2.24, 2.45) is 0 Å². The molecule has 0 radical (unpaired) electrons. The Kier molecular flexibility index (Phi) is 9.28. The Balaban J connectivity index is 1.26. The molecular weight excluding hydrogens is 536 g/mol. The lowest BCUT2D eigenvalue weighted by Gasteiger charge is -2.45. The van der Waals surface area contributed by atoms with E-state index in [2.05, 4.69) is 42.6 Å². The minimum atomic E-state index is -0.377. The summed E-state index contributed by atoms with van der Waals surface area (Å²) in [6.07, 6.45) is 1.04. The monoisotopic (exact) mass is 574 g/mol. The third-order valence-electron chi connectivity index (χ3n) is 7.74. The SMILES string of the molecule is CCOCCOc1ccc(-c2csc3ccc(COc4ccc(C5(CC(=O)OCC)CC(O)C5)cc4)cc23)c(C)c1. The molecule has 1 aliphatic rings. The normalized spacial score (nSPS) is 18.2. The minimum Gasteiger partial charge on any atom is -0.491 e. The first-order valence-corrected chi connectivity index (χ1v) is 15.2. The van der Waals surface area contributed by atoms with E-state index >= 15 is 0 Å². The summed E-state index contributed by atoms with van der Waals surface area (Å²) in [5, 5.41) is 13.4. The van der Waals surface area contributed by atoms with Crippen LogP contribution in [0.3, 0.4) is 0 Å². The van der Waals surface area contributed by atoms with Gasteiger partial charge in [-0.25, -0.2) is 0 Å². The lowest BCUT2D eigenvalue weighted by atomic mass is 9.61. The quantitative estimate of drug-likeness (QED) is 0.134. The number of hydrogen-bond donors (Lipinski definition) is 1. The highest BCUT2D eigenvalue weighted by Crippen LogP contribution is 2.47. The number of thiophene rings is 1. The summed E-state index contributed by atoms with van der Waals surface area (Å²) < 4.78 is 23.8. The van der Waals surface area contributed by atoms with Crippen LogP contribution in [0.25, 0.3) is 21.2 Å². The zero-order valence-electron chi connectivity index (χ0n) is 24.0. The second kappa shape index (κ2) is 13.1. The van der Waals surface area contributed by atoms with Crippen LogP contribution in [0.1, 0.15) is 49.8 Å². The highest BCUT2D eigenvalue weighted by molar-refractivity contribution is 7.17. The highest BCUT2D eigenvalue weighted by atomic mass is 32.1. The van der Waals surface area contributed by atoms with E-state index < -0.39 is 0 Å². The first-order valence-electron chi connectivity index (χ1n) is 14.3. The fourth-order valence-electron chi connectivity index (χ4n) is 5.65. The molecule has 5 rings (SSSR count). The average Bonchev–Trinajstić information content (AvgIpc) is 3.37. The molecule has 7 heteroatoms. The molecule has 0 bridgehead atoms. The fraction of sp³-hybridized carbons (Fsp3) is 0.382. The van der Waals surface area contributed by atoms with Crippen molar-refractivity contribution in [3.05, 3.63) is 82.7 Å². The maximum atomic E-state index is 12.2. The van der Waals surface area contributed by atoms with Gasteiger partial charge in [0.2, 0.25) is 0 Å². The molecule has 0 atom stereocenters. The first kappa shape index (κ1) is 29.1. The first-order chi connectivity index (χ1) is 19.9. The van der Waals surface area contributed by atoms with E-state index in [1.54, 1.807) is 11.3 Å². The summed E-state index contributed by atoms with van der Waals surface area (Å²) in [4.78, 5) is 12.2. The molecule has 6 nitrogen and oxygen atoms in total. The van der Waals surface area contributed by atoms with Crippen molar-refractivity contribution in [2.75, 3.05) is 26.4 Å². The molecule has 41 heavy (non-hydrogen) atoms. The second-order valence-corrected chi connectivity index (χ2v) is 11.6. The van der Waals surface area contributed by atoms with Gasteiger partial charge in [0.05, 0.1) is 25.7 Å². The fourth-order valence-corrected chi connectivity index (χ4v) is 6.59. The number of aliphatic hydroxyl groups excluding tert-OH is 1. The van der Waals surface area contributed by atoms with Crippen LogP contribution in [-0.4, -0.2) is 43.6 Å². The topological polar surface area (TPSA) is 74.2 Å². The number of carbonyl (C=O) groups excluding carboxylic acids is 1. The van der Waals surface area contributed by atoms with E-state index in [1.165, 1.54) is 26.8 Å². The molecule has 1 N–H and O–H groups in total. The Hall–Kier alpha value is -3.39. The van der Waals surface area contributed by atoms with Gasteiger partial charge in [-0.15, -0.1) is 11.3 Å². The maximum Gasteiger partial charge on any atom is 0.306 e. The largest absolute Gasteiger partial charge is 0.491 e. The smallest absolute Gasteiger partial charge is 0.306 e. The molecule has 4 aromatic rings. The van der Waals surface area contributed by atoms with Crippen molar-refractivity contribution in [3.63, 3.8) is 0 Å². The van der Waals surface area contributed by atoms with Crippen LogP contribution in [0, 0.1) is 6.92 Å². The number of hydrogen-bond acceptors (Lipinski definition) is 7. The van der Waals surface area contributed by atoms with Gasteiger partial charge < -0.3 is 24.1 Å². The number of ether oxygens (including phenoxy) is 4. The summed E-state index contributed by atoms with van der Waals surface area (Å²) >= 11 is 1.74. The van der Waals surface area contributed by atoms with Gasteiger partial charge in [0, 0.05) is 27.7 Å². The van der Waals surface area contributed by atoms with Gasteiger partial charge in [0.15, 0.2) is 0 Å². The third-order valence-corrected chi connectivity index (χ3v) is 8.70. The summed E-state index contributed by atoms with van der Waals surface area (Å²) in [5.74, 6) is 1.40. The van der Waals surface area contributed by atoms with Gasteiger partial charge in [0.25, 0.3) is 0 Å². The van der Waals surface area contributed by atoms with Gasteiger partial charge >= 0.3 is 5.97 Å². The second-order valence-electron chi connectivity index (χ2n) is 10.6. The summed E-state index contributed by atoms with van der Waals surface area (Å²) in [6, 6.07) is 20.6. The highest BCUT2D eigenvalue weighted by Gasteiger charge is 2.46. The van der Waals surface area contributed by atoms with Gasteiger partial charge in [-0.05, 0) is 97.6 Å². The molecule has 0 amide bonds. The van der Waals surface area contributed by atoms with Crippen molar-refractivity contribution in [1.29, 1.82) is 0 Å². The zero-order valence-corrected chi connectivity index (χ0v) is 24.8. The predicted molar refractivity (Wildman–Crippen MR) is 163 cm³/mol. The molecule has 1 aliphatic carbocycles. The van der Waals surface area contributed by atoms with Crippen LogP contribution in [0.2, 0.25) is 0 Å². The molecule has 216 valence electrons. The van der Waals surface area contributed by atoms with E-state index in [0.717, 1.165) is 22.6 Å². The molecule has 0 unspecified atom stereocenters. The van der Waals surface area contributed by atoms with Crippen LogP contribution in [0.15, 0.2) is 66.0 Å². The van der Waals surface area contributed by atoms with Crippen molar-refractivity contribution in [2.45, 2.75) is 58.2 Å². The molecule has 1 aromatic heterocycles. The van der Waals surface area contributed by atoms with Crippen molar-refractivity contribution in [3.8, 4) is 22.6 Å². The Labute approximate surface area is 245 Å². The van der Waals surface area contributed by atoms with Crippen LogP contribution >= 0.6 is 11.3 Å². The van der Waals surface area contributed by atoms with Crippen molar-refractivity contribution in [1.82, 2.24) is 0 Å². The van der Waals surface area contributed by atoms with Gasteiger partial charge in [-0.1, -0.05) is 24.3 Å². The third kappa shape index (κ3) is 6.75. The van der Waals surface area contributed by atoms with E-state index in [9.17, 15) is 9.90 Å². The summed E-state index contributed by atoms with van der Waals surface area (Å²) in [7, 11) is 0. The lowest BCUT2D eigenvalue weighted by Crippen LogP contribution is -2.46. The van der Waals surface area contributed by atoms with Gasteiger partial charge in [0.1, 0.15) is 24.7 Å². The number of benzene rings is 3. The maximum absolute atomic E-state index is 12.2. The van der Waals surface area contributed by atoms with Crippen LogP contribution in [0.4, 0.5) is 0 Å². The van der Waals surface area contributed by atoms with Crippen molar-refractivity contribution >= 4 is 27.4 Å². The van der Waals surface area contributed by atoms with E-state index in [1.807, 2.05) is 44.2 Å². The van der Waals surface area contributed by atoms with E-state index in [4.69, 9.17) is 18.9 Å². The van der Waals surface area contributed by atoms with Crippen LogP contribution < -0.4 is 9.47 Å². The van der Waals surface area contributed by atoms with E-state index in [0.29, 0.717) is 45.9 Å². The molecule has 0 saturated heterocycles. The molecule has 1 saturated carbocycles. The average molecular weight is 575 g/mol. The molecule has 1 heterocycles. The van der Waals surface area contributed by atoms with Gasteiger partial charge in [-0.3, -0.25) is 4.79 Å². The number of rotatable bonds is 13. The Morgan fingerprint density at radius 2 is 1.71 bits per heavy atom. The molecule has 3 aromatic carbocycles. The summed E-state index contributed by atoms with van der Waals surface area (Å²) in [6.45, 7) is 8.53. The number of fused-ring (bicyclic) bond motifs is 1. The van der Waals surface area contributed by atoms with Crippen LogP contribution in [-0.2, 0) is 26.3 Å². The zero-order chi connectivity index (χ0) is 28.8. The number of aliphatic hydroxyl groups is 1. The number of esters is 1.